The van der Waals surface area contributed by atoms with Gasteiger partial charge in [0.05, 0.1) is 12.8 Å². The van der Waals surface area contributed by atoms with Gasteiger partial charge in [-0.25, -0.2) is 9.97 Å². The van der Waals surface area contributed by atoms with Crippen LogP contribution >= 0.6 is 0 Å². The lowest BCUT2D eigenvalue weighted by Gasteiger charge is -2.37. The van der Waals surface area contributed by atoms with Crippen LogP contribution in [-0.2, 0) is 0 Å². The number of hydrogen-bond donors (Lipinski definition) is 0. The second-order valence-corrected chi connectivity index (χ2v) is 7.38. The minimum Gasteiger partial charge on any atom is -0.495 e. The lowest BCUT2D eigenvalue weighted by molar-refractivity contribution is 0.0787. The molecule has 0 N–H and O–H groups in total. The minimum atomic E-state index is -0.0437. The normalized spacial score (nSPS) is 14.1. The van der Waals surface area contributed by atoms with Crippen LogP contribution in [-0.4, -0.2) is 67.7 Å². The fraction of sp³-hybridized carbons (Fsp3) is 0.500. The average Bonchev–Trinajstić information content (AvgIpc) is 2.76. The molecular weight excluding hydrogens is 366 g/mol. The molecule has 0 aliphatic carbocycles. The fourth-order valence-electron chi connectivity index (χ4n) is 3.58. The first-order valence-corrected chi connectivity index (χ1v) is 10.3. The zero-order valence-electron chi connectivity index (χ0n) is 17.9. The van der Waals surface area contributed by atoms with Gasteiger partial charge in [0.15, 0.2) is 0 Å². The van der Waals surface area contributed by atoms with Crippen LogP contribution in [0.5, 0.6) is 5.75 Å². The smallest absolute Gasteiger partial charge is 0.272 e. The Morgan fingerprint density at radius 1 is 1.14 bits per heavy atom. The van der Waals surface area contributed by atoms with Crippen molar-refractivity contribution in [3.8, 4) is 5.75 Å². The Morgan fingerprint density at radius 3 is 2.52 bits per heavy atom. The molecule has 1 aromatic carbocycles. The number of anilines is 2. The summed E-state index contributed by atoms with van der Waals surface area (Å²) in [6.45, 7) is 8.09. The van der Waals surface area contributed by atoms with Gasteiger partial charge in [0.25, 0.3) is 5.91 Å². The summed E-state index contributed by atoms with van der Waals surface area (Å²) < 4.78 is 5.50. The third-order valence-corrected chi connectivity index (χ3v) is 5.27. The number of ether oxygens (including phenoxy) is 1. The Kier molecular flexibility index (Phi) is 6.90. The highest BCUT2D eigenvalue weighted by Crippen LogP contribution is 2.29. The molecule has 1 aliphatic rings. The van der Waals surface area contributed by atoms with E-state index in [2.05, 4.69) is 32.8 Å². The number of unbranched alkanes of at least 4 members (excludes halogenated alkanes) is 1. The number of carbonyl (C=O) groups excluding carboxylic acids is 1. The molecule has 1 aromatic heterocycles. The van der Waals surface area contributed by atoms with E-state index in [0.717, 1.165) is 62.8 Å². The average molecular weight is 398 g/mol. The lowest BCUT2D eigenvalue weighted by Crippen LogP contribution is -2.47. The summed E-state index contributed by atoms with van der Waals surface area (Å²) in [7, 11) is 3.54. The standard InChI is InChI=1S/C22H31N5O2/c1-5-6-11-25(3)22(28)18-16-21(24-17(2)23-18)27-14-12-26(13-15-27)19-9-7-8-10-20(19)29-4/h7-10,16H,5-6,11-15H2,1-4H3. The minimum absolute atomic E-state index is 0.0437. The van der Waals surface area contributed by atoms with Crippen molar-refractivity contribution in [1.29, 1.82) is 0 Å². The Bertz CT molecular complexity index is 834. The van der Waals surface area contributed by atoms with Crippen molar-refractivity contribution in [2.24, 2.45) is 0 Å². The van der Waals surface area contributed by atoms with E-state index < -0.39 is 0 Å². The molecule has 0 radical (unpaired) electrons. The first-order chi connectivity index (χ1) is 14.0. The number of methoxy groups -OCH3 is 1. The number of piperazine rings is 1. The quantitative estimate of drug-likeness (QED) is 0.716. The summed E-state index contributed by atoms with van der Waals surface area (Å²) in [4.78, 5) is 28.0. The first kappa shape index (κ1) is 20.9. The molecule has 1 amide bonds. The molecule has 2 heterocycles. The maximum atomic E-state index is 12.7. The second-order valence-electron chi connectivity index (χ2n) is 7.38. The predicted octanol–water partition coefficient (Wildman–Crippen LogP) is 2.99. The van der Waals surface area contributed by atoms with E-state index in [0.29, 0.717) is 11.5 Å². The fourth-order valence-corrected chi connectivity index (χ4v) is 3.58. The number of carbonyl (C=O) groups is 1. The Hall–Kier alpha value is -2.83. The molecule has 1 fully saturated rings. The summed E-state index contributed by atoms with van der Waals surface area (Å²) in [6, 6.07) is 9.93. The summed E-state index contributed by atoms with van der Waals surface area (Å²) in [5, 5.41) is 0. The highest BCUT2D eigenvalue weighted by molar-refractivity contribution is 5.92. The molecule has 0 bridgehead atoms. The van der Waals surface area contributed by atoms with Gasteiger partial charge in [-0.15, -0.1) is 0 Å². The number of amides is 1. The van der Waals surface area contributed by atoms with Crippen LogP contribution in [0.2, 0.25) is 0 Å². The van der Waals surface area contributed by atoms with Gasteiger partial charge in [-0.05, 0) is 25.5 Å². The van der Waals surface area contributed by atoms with Crippen molar-refractivity contribution in [3.05, 3.63) is 41.9 Å². The van der Waals surface area contributed by atoms with Crippen molar-refractivity contribution < 1.29 is 9.53 Å². The van der Waals surface area contributed by atoms with E-state index in [1.54, 1.807) is 12.0 Å². The van der Waals surface area contributed by atoms with Gasteiger partial charge in [-0.1, -0.05) is 25.5 Å². The van der Waals surface area contributed by atoms with Gasteiger partial charge in [0, 0.05) is 45.8 Å². The molecule has 7 nitrogen and oxygen atoms in total. The first-order valence-electron chi connectivity index (χ1n) is 10.3. The maximum absolute atomic E-state index is 12.7. The molecule has 0 spiro atoms. The number of aryl methyl sites for hydroxylation is 1. The van der Waals surface area contributed by atoms with E-state index in [-0.39, 0.29) is 5.91 Å². The number of rotatable bonds is 7. The third kappa shape index (κ3) is 4.96. The molecule has 29 heavy (non-hydrogen) atoms. The van der Waals surface area contributed by atoms with Gasteiger partial charge < -0.3 is 19.4 Å². The van der Waals surface area contributed by atoms with E-state index >= 15 is 0 Å². The van der Waals surface area contributed by atoms with Crippen LogP contribution in [0, 0.1) is 6.92 Å². The lowest BCUT2D eigenvalue weighted by atomic mass is 10.2. The van der Waals surface area contributed by atoms with Crippen LogP contribution in [0.3, 0.4) is 0 Å². The number of hydrogen-bond acceptors (Lipinski definition) is 6. The number of benzene rings is 1. The van der Waals surface area contributed by atoms with E-state index in [4.69, 9.17) is 4.74 Å². The Labute approximate surface area is 173 Å². The predicted molar refractivity (Wildman–Crippen MR) is 116 cm³/mol. The third-order valence-electron chi connectivity index (χ3n) is 5.27. The van der Waals surface area contributed by atoms with Crippen molar-refractivity contribution in [3.63, 3.8) is 0 Å². The summed E-state index contributed by atoms with van der Waals surface area (Å²) in [5.74, 6) is 2.30. The van der Waals surface area contributed by atoms with Gasteiger partial charge in [-0.3, -0.25) is 4.79 Å². The van der Waals surface area contributed by atoms with Crippen LogP contribution in [0.15, 0.2) is 30.3 Å². The molecule has 2 aromatic rings. The highest BCUT2D eigenvalue weighted by Gasteiger charge is 2.22. The molecule has 7 heteroatoms. The van der Waals surface area contributed by atoms with E-state index in [9.17, 15) is 4.79 Å². The Morgan fingerprint density at radius 2 is 1.83 bits per heavy atom. The molecule has 0 saturated carbocycles. The monoisotopic (exact) mass is 397 g/mol. The van der Waals surface area contributed by atoms with Crippen LogP contribution in [0.25, 0.3) is 0 Å². The van der Waals surface area contributed by atoms with E-state index in [1.807, 2.05) is 38.2 Å². The van der Waals surface area contributed by atoms with Crippen molar-refractivity contribution in [2.75, 3.05) is 56.7 Å². The molecule has 0 unspecified atom stereocenters. The van der Waals surface area contributed by atoms with Crippen molar-refractivity contribution in [1.82, 2.24) is 14.9 Å². The van der Waals surface area contributed by atoms with Gasteiger partial charge >= 0.3 is 0 Å². The number of para-hydroxylation sites is 2. The molecule has 1 saturated heterocycles. The Balaban J connectivity index is 1.70. The zero-order valence-corrected chi connectivity index (χ0v) is 17.9. The molecule has 1 aliphatic heterocycles. The van der Waals surface area contributed by atoms with E-state index in [1.165, 1.54) is 0 Å². The van der Waals surface area contributed by atoms with Crippen molar-refractivity contribution >= 4 is 17.4 Å². The molecular formula is C22H31N5O2. The van der Waals surface area contributed by atoms with Crippen LogP contribution in [0.4, 0.5) is 11.5 Å². The SMILES string of the molecule is CCCCN(C)C(=O)c1cc(N2CCN(c3ccccc3OC)CC2)nc(C)n1. The maximum Gasteiger partial charge on any atom is 0.272 e. The van der Waals surface area contributed by atoms with Crippen molar-refractivity contribution in [2.45, 2.75) is 26.7 Å². The number of nitrogens with zero attached hydrogens (tertiary/aromatic N) is 5. The van der Waals surface area contributed by atoms with Gasteiger partial charge in [-0.2, -0.15) is 0 Å². The highest BCUT2D eigenvalue weighted by atomic mass is 16.5. The number of aromatic nitrogens is 2. The molecule has 0 atom stereocenters. The van der Waals surface area contributed by atoms with Crippen LogP contribution in [0.1, 0.15) is 36.1 Å². The summed E-state index contributed by atoms with van der Waals surface area (Å²) >= 11 is 0. The summed E-state index contributed by atoms with van der Waals surface area (Å²) in [6.07, 6.45) is 2.05. The zero-order chi connectivity index (χ0) is 20.8. The van der Waals surface area contributed by atoms with Gasteiger partial charge in [0.2, 0.25) is 0 Å². The van der Waals surface area contributed by atoms with Crippen LogP contribution < -0.4 is 14.5 Å². The largest absolute Gasteiger partial charge is 0.495 e. The topological polar surface area (TPSA) is 61.8 Å². The summed E-state index contributed by atoms with van der Waals surface area (Å²) in [5.41, 5.74) is 1.58. The second kappa shape index (κ2) is 9.58. The molecule has 156 valence electrons. The molecule has 3 rings (SSSR count). The van der Waals surface area contributed by atoms with Gasteiger partial charge in [0.1, 0.15) is 23.1 Å².